The van der Waals surface area contributed by atoms with Crippen LogP contribution in [0, 0.1) is 0 Å². The maximum Gasteiger partial charge on any atom is 0.417 e. The molecule has 0 aliphatic carbocycles. The monoisotopic (exact) mass is 259 g/mol. The van der Waals surface area contributed by atoms with Crippen LogP contribution in [0.4, 0.5) is 19.0 Å². The van der Waals surface area contributed by atoms with Crippen LogP contribution < -0.4 is 10.6 Å². The van der Waals surface area contributed by atoms with E-state index in [1.54, 1.807) is 0 Å². The lowest BCUT2D eigenvalue weighted by molar-refractivity contribution is -0.137. The summed E-state index contributed by atoms with van der Waals surface area (Å²) in [6.45, 7) is 0.636. The number of amides is 1. The first-order chi connectivity index (χ1) is 8.47. The fourth-order valence-corrected chi connectivity index (χ4v) is 1.74. The summed E-state index contributed by atoms with van der Waals surface area (Å²) in [6.07, 6.45) is -2.16. The Kier molecular flexibility index (Phi) is 3.40. The Balaban J connectivity index is 2.04. The van der Waals surface area contributed by atoms with Crippen molar-refractivity contribution in [2.75, 3.05) is 11.9 Å². The van der Waals surface area contributed by atoms with Crippen molar-refractivity contribution in [1.29, 1.82) is 0 Å². The molecule has 2 rings (SSSR count). The zero-order chi connectivity index (χ0) is 13.2. The molecule has 0 saturated carbocycles. The number of hydrogen-bond donors (Lipinski definition) is 2. The predicted molar refractivity (Wildman–Crippen MR) is 58.9 cm³/mol. The van der Waals surface area contributed by atoms with Gasteiger partial charge in [-0.25, -0.2) is 4.98 Å². The van der Waals surface area contributed by atoms with E-state index >= 15 is 0 Å². The van der Waals surface area contributed by atoms with E-state index in [4.69, 9.17) is 0 Å². The second-order valence-corrected chi connectivity index (χ2v) is 4.06. The van der Waals surface area contributed by atoms with Gasteiger partial charge in [-0.05, 0) is 25.0 Å². The second-order valence-electron chi connectivity index (χ2n) is 4.06. The zero-order valence-electron chi connectivity index (χ0n) is 9.42. The summed E-state index contributed by atoms with van der Waals surface area (Å²) in [5.74, 6) is 0.119. The summed E-state index contributed by atoms with van der Waals surface area (Å²) < 4.78 is 36.9. The highest BCUT2D eigenvalue weighted by atomic mass is 19.4. The quantitative estimate of drug-likeness (QED) is 0.851. The van der Waals surface area contributed by atoms with Crippen molar-refractivity contribution in [2.45, 2.75) is 25.1 Å². The maximum absolute atomic E-state index is 12.3. The summed E-state index contributed by atoms with van der Waals surface area (Å²) in [4.78, 5) is 15.1. The molecule has 0 bridgehead atoms. The largest absolute Gasteiger partial charge is 0.417 e. The molecule has 4 nitrogen and oxygen atoms in total. The van der Waals surface area contributed by atoms with Gasteiger partial charge in [-0.2, -0.15) is 13.2 Å². The van der Waals surface area contributed by atoms with Crippen LogP contribution >= 0.6 is 0 Å². The summed E-state index contributed by atoms with van der Waals surface area (Å²) in [5, 5.41) is 5.50. The van der Waals surface area contributed by atoms with Gasteiger partial charge in [0.25, 0.3) is 0 Å². The molecule has 1 amide bonds. The van der Waals surface area contributed by atoms with Crippen molar-refractivity contribution in [3.8, 4) is 0 Å². The zero-order valence-corrected chi connectivity index (χ0v) is 9.42. The molecule has 1 fully saturated rings. The number of rotatable bonds is 2. The maximum atomic E-state index is 12.3. The van der Waals surface area contributed by atoms with Crippen LogP contribution in [0.2, 0.25) is 0 Å². The summed E-state index contributed by atoms with van der Waals surface area (Å²) in [6, 6.07) is 1.74. The van der Waals surface area contributed by atoms with Crippen LogP contribution in [0.1, 0.15) is 18.4 Å². The number of aromatic nitrogens is 1. The van der Waals surface area contributed by atoms with E-state index in [-0.39, 0.29) is 11.7 Å². The third kappa shape index (κ3) is 2.91. The molecule has 1 atom stereocenters. The van der Waals surface area contributed by atoms with Crippen molar-refractivity contribution in [2.24, 2.45) is 0 Å². The molecule has 1 aromatic rings. The molecule has 1 saturated heterocycles. The lowest BCUT2D eigenvalue weighted by atomic mass is 10.1. The fourth-order valence-electron chi connectivity index (χ4n) is 1.74. The molecule has 0 aromatic carbocycles. The first-order valence-electron chi connectivity index (χ1n) is 5.54. The molecule has 2 N–H and O–H groups in total. The van der Waals surface area contributed by atoms with Crippen LogP contribution in [0.15, 0.2) is 18.3 Å². The Morgan fingerprint density at radius 3 is 2.72 bits per heavy atom. The second kappa shape index (κ2) is 4.83. The normalized spacial score (nSPS) is 20.4. The molecule has 1 aromatic heterocycles. The first-order valence-corrected chi connectivity index (χ1v) is 5.54. The molecule has 18 heavy (non-hydrogen) atoms. The number of nitrogens with zero attached hydrogens (tertiary/aromatic N) is 1. The molecule has 98 valence electrons. The smallest absolute Gasteiger partial charge is 0.358 e. The number of hydrogen-bond acceptors (Lipinski definition) is 3. The first kappa shape index (κ1) is 12.7. The van der Waals surface area contributed by atoms with Crippen molar-refractivity contribution in [3.05, 3.63) is 23.9 Å². The van der Waals surface area contributed by atoms with Gasteiger partial charge in [0.15, 0.2) is 0 Å². The number of piperidine rings is 1. The molecule has 1 aliphatic heterocycles. The van der Waals surface area contributed by atoms with Gasteiger partial charge in [0.05, 0.1) is 5.56 Å². The number of nitrogens with one attached hydrogen (secondary N) is 2. The highest BCUT2D eigenvalue weighted by molar-refractivity contribution is 5.84. The average Bonchev–Trinajstić information content (AvgIpc) is 2.32. The molecule has 7 heteroatoms. The lowest BCUT2D eigenvalue weighted by Gasteiger charge is -2.23. The summed E-state index contributed by atoms with van der Waals surface area (Å²) in [5.41, 5.74) is -0.804. The minimum atomic E-state index is -4.40. The van der Waals surface area contributed by atoms with Crippen LogP contribution in [-0.4, -0.2) is 23.5 Å². The van der Waals surface area contributed by atoms with E-state index in [1.165, 1.54) is 6.07 Å². The van der Waals surface area contributed by atoms with Crippen LogP contribution in [-0.2, 0) is 11.0 Å². The van der Waals surface area contributed by atoms with Gasteiger partial charge in [-0.1, -0.05) is 0 Å². The van der Waals surface area contributed by atoms with Crippen molar-refractivity contribution < 1.29 is 18.0 Å². The van der Waals surface area contributed by atoms with Crippen molar-refractivity contribution in [1.82, 2.24) is 10.3 Å². The lowest BCUT2D eigenvalue weighted by Crippen LogP contribution is -2.44. The van der Waals surface area contributed by atoms with Gasteiger partial charge < -0.3 is 10.6 Å². The molecule has 2 heterocycles. The van der Waals surface area contributed by atoms with Gasteiger partial charge in [0.2, 0.25) is 5.91 Å². The fraction of sp³-hybridized carbons (Fsp3) is 0.455. The van der Waals surface area contributed by atoms with Crippen molar-refractivity contribution in [3.63, 3.8) is 0 Å². The Bertz CT molecular complexity index is 430. The number of halogens is 3. The van der Waals surface area contributed by atoms with E-state index in [0.29, 0.717) is 13.0 Å². The Morgan fingerprint density at radius 1 is 1.39 bits per heavy atom. The molecule has 0 spiro atoms. The van der Waals surface area contributed by atoms with E-state index in [2.05, 4.69) is 15.6 Å². The van der Waals surface area contributed by atoms with Gasteiger partial charge >= 0.3 is 6.18 Å². The molecular weight excluding hydrogens is 247 g/mol. The van der Waals surface area contributed by atoms with Gasteiger partial charge in [-0.15, -0.1) is 0 Å². The van der Waals surface area contributed by atoms with Gasteiger partial charge in [-0.3, -0.25) is 4.79 Å². The Morgan fingerprint density at radius 2 is 2.17 bits per heavy atom. The molecule has 1 aliphatic rings. The minimum absolute atomic E-state index is 0.150. The number of alkyl halides is 3. The molecular formula is C11H12F3N3O. The minimum Gasteiger partial charge on any atom is -0.358 e. The number of carbonyl (C=O) groups excluding carboxylic acids is 1. The average molecular weight is 259 g/mol. The third-order valence-corrected chi connectivity index (χ3v) is 2.70. The van der Waals surface area contributed by atoms with Crippen LogP contribution in [0.25, 0.3) is 0 Å². The summed E-state index contributed by atoms with van der Waals surface area (Å²) >= 11 is 0. The van der Waals surface area contributed by atoms with Crippen molar-refractivity contribution >= 4 is 11.7 Å². The third-order valence-electron chi connectivity index (χ3n) is 2.70. The topological polar surface area (TPSA) is 54.0 Å². The Labute approximate surface area is 102 Å². The SMILES string of the molecule is O=C1NCCCC1Nc1ccc(C(F)(F)F)cn1. The highest BCUT2D eigenvalue weighted by Gasteiger charge is 2.31. The number of anilines is 1. The molecule has 0 radical (unpaired) electrons. The Hall–Kier alpha value is -1.79. The van der Waals surface area contributed by atoms with E-state index < -0.39 is 17.8 Å². The summed E-state index contributed by atoms with van der Waals surface area (Å²) in [7, 11) is 0. The van der Waals surface area contributed by atoms with E-state index in [9.17, 15) is 18.0 Å². The number of carbonyl (C=O) groups is 1. The van der Waals surface area contributed by atoms with E-state index in [0.717, 1.165) is 18.7 Å². The van der Waals surface area contributed by atoms with Crippen LogP contribution in [0.5, 0.6) is 0 Å². The van der Waals surface area contributed by atoms with Gasteiger partial charge in [0, 0.05) is 12.7 Å². The number of pyridine rings is 1. The van der Waals surface area contributed by atoms with E-state index in [1.807, 2.05) is 0 Å². The van der Waals surface area contributed by atoms with Gasteiger partial charge in [0.1, 0.15) is 11.9 Å². The molecule has 1 unspecified atom stereocenters. The standard InChI is InChI=1S/C11H12F3N3O/c12-11(13,14)7-3-4-9(16-6-7)17-8-2-1-5-15-10(8)18/h3-4,6,8H,1-2,5H2,(H,15,18)(H,16,17). The predicted octanol–water partition coefficient (Wildman–Crippen LogP) is 1.79. The van der Waals surface area contributed by atoms with Crippen LogP contribution in [0.3, 0.4) is 0 Å². The highest BCUT2D eigenvalue weighted by Crippen LogP contribution is 2.28.